The quantitative estimate of drug-likeness (QED) is 0.506. The highest BCUT2D eigenvalue weighted by Crippen LogP contribution is 2.31. The fraction of sp³-hybridized carbons (Fsp3) is 0.105. The summed E-state index contributed by atoms with van der Waals surface area (Å²) in [6, 6.07) is 14.9. The van der Waals surface area contributed by atoms with Gasteiger partial charge in [-0.2, -0.15) is 0 Å². The van der Waals surface area contributed by atoms with Crippen molar-refractivity contribution in [2.45, 2.75) is 6.92 Å². The van der Waals surface area contributed by atoms with E-state index in [0.29, 0.717) is 27.9 Å². The van der Waals surface area contributed by atoms with Crippen molar-refractivity contribution in [3.63, 3.8) is 0 Å². The van der Waals surface area contributed by atoms with Crippen molar-refractivity contribution >= 4 is 22.8 Å². The number of ether oxygens (including phenoxy) is 1. The lowest BCUT2D eigenvalue weighted by atomic mass is 10.0. The SMILES string of the molecule is COc1cccc2c(C(=O)NC(=N)N)cc(-c3ccccc3C)nc12. The van der Waals surface area contributed by atoms with Crippen LogP contribution in [-0.4, -0.2) is 24.0 Å². The number of guanidine groups is 1. The van der Waals surface area contributed by atoms with E-state index < -0.39 is 11.9 Å². The summed E-state index contributed by atoms with van der Waals surface area (Å²) in [5.74, 6) is -0.289. The lowest BCUT2D eigenvalue weighted by Gasteiger charge is -2.13. The average Bonchev–Trinajstić information content (AvgIpc) is 2.60. The van der Waals surface area contributed by atoms with Crippen molar-refractivity contribution in [2.24, 2.45) is 5.73 Å². The number of rotatable bonds is 3. The molecule has 0 aliphatic heterocycles. The molecule has 0 atom stereocenters. The zero-order chi connectivity index (χ0) is 18.0. The monoisotopic (exact) mass is 334 g/mol. The fourth-order valence-corrected chi connectivity index (χ4v) is 2.76. The smallest absolute Gasteiger partial charge is 0.258 e. The molecular weight excluding hydrogens is 316 g/mol. The van der Waals surface area contributed by atoms with Crippen LogP contribution in [0.25, 0.3) is 22.2 Å². The van der Waals surface area contributed by atoms with E-state index in [-0.39, 0.29) is 0 Å². The Morgan fingerprint density at radius 1 is 1.20 bits per heavy atom. The molecule has 6 heteroatoms. The topological polar surface area (TPSA) is 101 Å². The van der Waals surface area contributed by atoms with E-state index in [9.17, 15) is 4.79 Å². The first kappa shape index (κ1) is 16.4. The normalized spacial score (nSPS) is 10.5. The molecule has 2 aromatic carbocycles. The number of methoxy groups -OCH3 is 1. The Morgan fingerprint density at radius 3 is 2.64 bits per heavy atom. The van der Waals surface area contributed by atoms with Crippen LogP contribution in [0.2, 0.25) is 0 Å². The molecule has 0 aliphatic rings. The van der Waals surface area contributed by atoms with E-state index in [1.807, 2.05) is 31.2 Å². The molecule has 0 unspecified atom stereocenters. The predicted octanol–water partition coefficient (Wildman–Crippen LogP) is 2.84. The predicted molar refractivity (Wildman–Crippen MR) is 97.8 cm³/mol. The Bertz CT molecular complexity index is 982. The van der Waals surface area contributed by atoms with Crippen molar-refractivity contribution in [1.82, 2.24) is 10.3 Å². The molecule has 3 aromatic rings. The van der Waals surface area contributed by atoms with Gasteiger partial charge in [-0.3, -0.25) is 15.5 Å². The van der Waals surface area contributed by atoms with Gasteiger partial charge in [0.15, 0.2) is 5.96 Å². The number of fused-ring (bicyclic) bond motifs is 1. The van der Waals surface area contributed by atoms with Gasteiger partial charge in [-0.25, -0.2) is 4.98 Å². The van der Waals surface area contributed by atoms with Gasteiger partial charge in [-0.1, -0.05) is 36.4 Å². The molecule has 0 spiro atoms. The van der Waals surface area contributed by atoms with Crippen LogP contribution in [-0.2, 0) is 0 Å². The van der Waals surface area contributed by atoms with Crippen molar-refractivity contribution in [3.8, 4) is 17.0 Å². The van der Waals surface area contributed by atoms with Crippen molar-refractivity contribution in [3.05, 3.63) is 59.7 Å². The molecule has 1 amide bonds. The highest BCUT2D eigenvalue weighted by atomic mass is 16.5. The van der Waals surface area contributed by atoms with Gasteiger partial charge in [-0.15, -0.1) is 0 Å². The van der Waals surface area contributed by atoms with Crippen LogP contribution in [0.5, 0.6) is 5.75 Å². The molecule has 3 rings (SSSR count). The van der Waals surface area contributed by atoms with Gasteiger partial charge in [0.05, 0.1) is 18.4 Å². The molecule has 1 aromatic heterocycles. The van der Waals surface area contributed by atoms with Crippen LogP contribution in [0.1, 0.15) is 15.9 Å². The molecule has 25 heavy (non-hydrogen) atoms. The van der Waals surface area contributed by atoms with E-state index >= 15 is 0 Å². The molecular formula is C19H18N4O2. The van der Waals surface area contributed by atoms with Gasteiger partial charge in [0.1, 0.15) is 11.3 Å². The number of benzene rings is 2. The van der Waals surface area contributed by atoms with Crippen molar-refractivity contribution < 1.29 is 9.53 Å². The van der Waals surface area contributed by atoms with Gasteiger partial charge in [0.25, 0.3) is 5.91 Å². The Hall–Kier alpha value is -3.41. The van der Waals surface area contributed by atoms with Gasteiger partial charge >= 0.3 is 0 Å². The number of aryl methyl sites for hydroxylation is 1. The number of carbonyl (C=O) groups is 1. The van der Waals surface area contributed by atoms with Crippen molar-refractivity contribution in [1.29, 1.82) is 5.41 Å². The fourth-order valence-electron chi connectivity index (χ4n) is 2.76. The molecule has 0 bridgehead atoms. The summed E-state index contributed by atoms with van der Waals surface area (Å²) >= 11 is 0. The molecule has 0 saturated carbocycles. The maximum absolute atomic E-state index is 12.5. The number of nitrogens with two attached hydrogens (primary N) is 1. The number of para-hydroxylation sites is 1. The minimum absolute atomic E-state index is 0.386. The zero-order valence-corrected chi connectivity index (χ0v) is 14.0. The van der Waals surface area contributed by atoms with Crippen LogP contribution in [0, 0.1) is 12.3 Å². The van der Waals surface area contributed by atoms with E-state index in [1.165, 1.54) is 0 Å². The number of aromatic nitrogens is 1. The number of nitrogens with zero attached hydrogens (tertiary/aromatic N) is 1. The highest BCUT2D eigenvalue weighted by molar-refractivity contribution is 6.13. The maximum atomic E-state index is 12.5. The molecule has 1 heterocycles. The summed E-state index contributed by atoms with van der Waals surface area (Å²) in [7, 11) is 1.56. The van der Waals surface area contributed by atoms with Crippen LogP contribution >= 0.6 is 0 Å². The summed E-state index contributed by atoms with van der Waals surface area (Å²) in [5.41, 5.74) is 8.91. The maximum Gasteiger partial charge on any atom is 0.258 e. The average molecular weight is 334 g/mol. The third kappa shape index (κ3) is 3.14. The second kappa shape index (κ2) is 6.60. The standard InChI is InChI=1S/C19H18N4O2/c1-11-6-3-4-7-12(11)15-10-14(18(24)23-19(20)21)13-8-5-9-16(25-2)17(13)22-15/h3-10H,1-2H3,(H4,20,21,23,24). The van der Waals surface area contributed by atoms with E-state index in [4.69, 9.17) is 20.9 Å². The second-order valence-electron chi connectivity index (χ2n) is 5.59. The van der Waals surface area contributed by atoms with Crippen LogP contribution < -0.4 is 15.8 Å². The largest absolute Gasteiger partial charge is 0.494 e. The molecule has 6 nitrogen and oxygen atoms in total. The molecule has 0 radical (unpaired) electrons. The molecule has 0 saturated heterocycles. The van der Waals surface area contributed by atoms with E-state index in [0.717, 1.165) is 11.1 Å². The van der Waals surface area contributed by atoms with Gasteiger partial charge in [-0.05, 0) is 24.6 Å². The first-order valence-corrected chi connectivity index (χ1v) is 7.70. The summed E-state index contributed by atoms with van der Waals surface area (Å²) in [5, 5.41) is 10.3. The molecule has 126 valence electrons. The minimum Gasteiger partial charge on any atom is -0.494 e. The lowest BCUT2D eigenvalue weighted by molar-refractivity contribution is 0.0978. The van der Waals surface area contributed by atoms with E-state index in [2.05, 4.69) is 5.32 Å². The Kier molecular flexibility index (Phi) is 4.35. The first-order chi connectivity index (χ1) is 12.0. The lowest BCUT2D eigenvalue weighted by Crippen LogP contribution is -2.35. The number of hydrogen-bond donors (Lipinski definition) is 3. The number of hydrogen-bond acceptors (Lipinski definition) is 4. The van der Waals surface area contributed by atoms with Gasteiger partial charge in [0.2, 0.25) is 0 Å². The summed E-state index contributed by atoms with van der Waals surface area (Å²) < 4.78 is 5.40. The van der Waals surface area contributed by atoms with E-state index in [1.54, 1.807) is 31.4 Å². The van der Waals surface area contributed by atoms with Crippen LogP contribution in [0.15, 0.2) is 48.5 Å². The zero-order valence-electron chi connectivity index (χ0n) is 14.0. The number of pyridine rings is 1. The number of amides is 1. The number of nitrogens with one attached hydrogen (secondary N) is 2. The third-order valence-corrected chi connectivity index (χ3v) is 3.94. The van der Waals surface area contributed by atoms with Crippen LogP contribution in [0.3, 0.4) is 0 Å². The Morgan fingerprint density at radius 2 is 1.96 bits per heavy atom. The summed E-state index contributed by atoms with van der Waals surface area (Å²) in [4.78, 5) is 17.2. The molecule has 0 aliphatic carbocycles. The van der Waals surface area contributed by atoms with Gasteiger partial charge in [0, 0.05) is 10.9 Å². The molecule has 4 N–H and O–H groups in total. The number of carbonyl (C=O) groups excluding carboxylic acids is 1. The third-order valence-electron chi connectivity index (χ3n) is 3.94. The Labute approximate surface area is 145 Å². The highest BCUT2D eigenvalue weighted by Gasteiger charge is 2.17. The Balaban J connectivity index is 2.31. The minimum atomic E-state index is -0.456. The second-order valence-corrected chi connectivity index (χ2v) is 5.59. The van der Waals surface area contributed by atoms with Crippen LogP contribution in [0.4, 0.5) is 0 Å². The molecule has 0 fully saturated rings. The summed E-state index contributed by atoms with van der Waals surface area (Å²) in [6.07, 6.45) is 0. The van der Waals surface area contributed by atoms with Gasteiger partial charge < -0.3 is 10.5 Å². The first-order valence-electron chi connectivity index (χ1n) is 7.70. The van der Waals surface area contributed by atoms with Crippen molar-refractivity contribution in [2.75, 3.05) is 7.11 Å². The summed E-state index contributed by atoms with van der Waals surface area (Å²) in [6.45, 7) is 1.98.